The molecule has 0 aromatic heterocycles. The molecule has 1 aliphatic heterocycles. The van der Waals surface area contributed by atoms with Crippen LogP contribution < -0.4 is 10.2 Å². The molecule has 0 spiro atoms. The predicted octanol–water partition coefficient (Wildman–Crippen LogP) is 3.72. The maximum Gasteiger partial charge on any atom is 0.337 e. The summed E-state index contributed by atoms with van der Waals surface area (Å²) in [6.07, 6.45) is 0. The highest BCUT2D eigenvalue weighted by atomic mass is 16.5. The molecule has 3 aromatic carbocycles. The van der Waals surface area contributed by atoms with E-state index in [9.17, 15) is 9.59 Å². The molecule has 1 fully saturated rings. The molecule has 1 amide bonds. The van der Waals surface area contributed by atoms with Crippen LogP contribution >= 0.6 is 0 Å². The van der Waals surface area contributed by atoms with Crippen molar-refractivity contribution in [3.63, 3.8) is 0 Å². The summed E-state index contributed by atoms with van der Waals surface area (Å²) in [5.74, 6) is -0.674. The highest BCUT2D eigenvalue weighted by Gasteiger charge is 2.19. The normalized spacial score (nSPS) is 13.9. The van der Waals surface area contributed by atoms with Crippen LogP contribution in [0.5, 0.6) is 0 Å². The molecule has 6 nitrogen and oxygen atoms in total. The van der Waals surface area contributed by atoms with Gasteiger partial charge >= 0.3 is 5.97 Å². The van der Waals surface area contributed by atoms with Gasteiger partial charge in [-0.2, -0.15) is 0 Å². The number of nitrogens with zero attached hydrogens (tertiary/aromatic N) is 1. The van der Waals surface area contributed by atoms with Gasteiger partial charge < -0.3 is 19.7 Å². The van der Waals surface area contributed by atoms with Crippen LogP contribution in [0.25, 0.3) is 10.8 Å². The molecule has 0 radical (unpaired) electrons. The van der Waals surface area contributed by atoms with E-state index >= 15 is 0 Å². The lowest BCUT2D eigenvalue weighted by Crippen LogP contribution is -2.36. The number of nitrogens with one attached hydrogen (secondary N) is 1. The molecule has 6 heteroatoms. The lowest BCUT2D eigenvalue weighted by atomic mass is 10.1. The van der Waals surface area contributed by atoms with Gasteiger partial charge in [-0.25, -0.2) is 4.79 Å². The fourth-order valence-electron chi connectivity index (χ4n) is 3.49. The second-order valence-corrected chi connectivity index (χ2v) is 6.84. The number of benzene rings is 3. The number of methoxy groups -OCH3 is 1. The maximum absolute atomic E-state index is 13.0. The van der Waals surface area contributed by atoms with Gasteiger partial charge in [-0.3, -0.25) is 4.79 Å². The first kappa shape index (κ1) is 19.0. The van der Waals surface area contributed by atoms with Gasteiger partial charge in [-0.1, -0.05) is 30.3 Å². The van der Waals surface area contributed by atoms with Crippen LogP contribution in [0.4, 0.5) is 11.4 Å². The van der Waals surface area contributed by atoms with Crippen molar-refractivity contribution in [3.05, 3.63) is 71.8 Å². The molecule has 29 heavy (non-hydrogen) atoms. The number of anilines is 2. The Bertz CT molecular complexity index is 1060. The van der Waals surface area contributed by atoms with E-state index in [-0.39, 0.29) is 5.91 Å². The lowest BCUT2D eigenvalue weighted by molar-refractivity contribution is 0.0600. The molecule has 0 atom stereocenters. The number of carbonyl (C=O) groups excluding carboxylic acids is 2. The highest BCUT2D eigenvalue weighted by molar-refractivity contribution is 6.08. The Morgan fingerprint density at radius 2 is 1.66 bits per heavy atom. The molecule has 4 rings (SSSR count). The quantitative estimate of drug-likeness (QED) is 0.688. The largest absolute Gasteiger partial charge is 0.465 e. The van der Waals surface area contributed by atoms with E-state index in [2.05, 4.69) is 10.2 Å². The molecule has 0 unspecified atom stereocenters. The molecular weight excluding hydrogens is 368 g/mol. The minimum Gasteiger partial charge on any atom is -0.465 e. The number of morpholine rings is 1. The Morgan fingerprint density at radius 1 is 0.931 bits per heavy atom. The van der Waals surface area contributed by atoms with Crippen molar-refractivity contribution in [2.24, 2.45) is 0 Å². The van der Waals surface area contributed by atoms with Crippen molar-refractivity contribution in [1.82, 2.24) is 0 Å². The zero-order valence-electron chi connectivity index (χ0n) is 16.2. The average molecular weight is 390 g/mol. The van der Waals surface area contributed by atoms with Gasteiger partial charge in [0.25, 0.3) is 5.91 Å². The molecule has 1 heterocycles. The summed E-state index contributed by atoms with van der Waals surface area (Å²) in [4.78, 5) is 27.1. The van der Waals surface area contributed by atoms with E-state index in [4.69, 9.17) is 9.47 Å². The van der Waals surface area contributed by atoms with Crippen LogP contribution in [0.3, 0.4) is 0 Å². The first-order valence-electron chi connectivity index (χ1n) is 9.51. The second-order valence-electron chi connectivity index (χ2n) is 6.84. The summed E-state index contributed by atoms with van der Waals surface area (Å²) in [7, 11) is 1.34. The zero-order chi connectivity index (χ0) is 20.2. The third-order valence-corrected chi connectivity index (χ3v) is 5.03. The number of ether oxygens (including phenoxy) is 2. The summed E-state index contributed by atoms with van der Waals surface area (Å²) in [6, 6.07) is 18.7. The van der Waals surface area contributed by atoms with E-state index in [1.807, 2.05) is 42.5 Å². The monoisotopic (exact) mass is 390 g/mol. The van der Waals surface area contributed by atoms with Crippen molar-refractivity contribution in [2.45, 2.75) is 0 Å². The first-order chi connectivity index (χ1) is 14.2. The number of hydrogen-bond acceptors (Lipinski definition) is 5. The van der Waals surface area contributed by atoms with Gasteiger partial charge in [0, 0.05) is 18.7 Å². The fourth-order valence-corrected chi connectivity index (χ4v) is 3.49. The second kappa shape index (κ2) is 8.32. The van der Waals surface area contributed by atoms with Crippen molar-refractivity contribution < 1.29 is 19.1 Å². The van der Waals surface area contributed by atoms with E-state index in [1.165, 1.54) is 7.11 Å². The van der Waals surface area contributed by atoms with Crippen LogP contribution in [-0.2, 0) is 9.47 Å². The van der Waals surface area contributed by atoms with E-state index < -0.39 is 5.97 Å². The predicted molar refractivity (Wildman–Crippen MR) is 113 cm³/mol. The summed E-state index contributed by atoms with van der Waals surface area (Å²) in [5, 5.41) is 5.05. The first-order valence-corrected chi connectivity index (χ1v) is 9.51. The number of esters is 1. The molecule has 148 valence electrons. The van der Waals surface area contributed by atoms with Crippen molar-refractivity contribution in [3.8, 4) is 0 Å². The Morgan fingerprint density at radius 3 is 2.41 bits per heavy atom. The van der Waals surface area contributed by atoms with E-state index in [0.717, 1.165) is 29.5 Å². The fraction of sp³-hybridized carbons (Fsp3) is 0.217. The molecule has 1 N–H and O–H groups in total. The molecule has 1 saturated heterocycles. The van der Waals surface area contributed by atoms with Crippen LogP contribution in [0, 0.1) is 0 Å². The molecule has 0 aliphatic carbocycles. The van der Waals surface area contributed by atoms with Crippen LogP contribution in [-0.4, -0.2) is 45.3 Å². The van der Waals surface area contributed by atoms with Gasteiger partial charge in [0.15, 0.2) is 0 Å². The lowest BCUT2D eigenvalue weighted by Gasteiger charge is -2.30. The van der Waals surface area contributed by atoms with Crippen molar-refractivity contribution in [1.29, 1.82) is 0 Å². The van der Waals surface area contributed by atoms with E-state index in [0.29, 0.717) is 30.0 Å². The summed E-state index contributed by atoms with van der Waals surface area (Å²) in [6.45, 7) is 2.68. The summed E-state index contributed by atoms with van der Waals surface area (Å²) in [5.41, 5.74) is 2.38. The van der Waals surface area contributed by atoms with Gasteiger partial charge in [0.05, 0.1) is 37.3 Å². The minimum absolute atomic E-state index is 0.229. The Hall–Kier alpha value is -3.38. The van der Waals surface area contributed by atoms with Crippen LogP contribution in [0.1, 0.15) is 20.7 Å². The number of fused-ring (bicyclic) bond motifs is 1. The van der Waals surface area contributed by atoms with Gasteiger partial charge in [0.2, 0.25) is 0 Å². The average Bonchev–Trinajstić information content (AvgIpc) is 2.78. The molecule has 0 bridgehead atoms. The smallest absolute Gasteiger partial charge is 0.337 e. The third kappa shape index (κ3) is 4.07. The third-order valence-electron chi connectivity index (χ3n) is 5.03. The maximum atomic E-state index is 13.0. The van der Waals surface area contributed by atoms with Crippen LogP contribution in [0.2, 0.25) is 0 Å². The van der Waals surface area contributed by atoms with Crippen molar-refractivity contribution in [2.75, 3.05) is 43.6 Å². The van der Waals surface area contributed by atoms with E-state index in [1.54, 1.807) is 18.2 Å². The SMILES string of the molecule is COC(=O)c1ccc(N2CCOCC2)c(NC(=O)c2ccc3ccccc3c2)c1. The molecule has 0 saturated carbocycles. The van der Waals surface area contributed by atoms with Crippen LogP contribution in [0.15, 0.2) is 60.7 Å². The molecule has 3 aromatic rings. The Balaban J connectivity index is 1.67. The summed E-state index contributed by atoms with van der Waals surface area (Å²) >= 11 is 0. The topological polar surface area (TPSA) is 67.9 Å². The standard InChI is InChI=1S/C23H22N2O4/c1-28-23(27)19-8-9-21(25-10-12-29-13-11-25)20(15-19)24-22(26)18-7-6-16-4-2-3-5-17(16)14-18/h2-9,14-15H,10-13H2,1H3,(H,24,26). The number of rotatable bonds is 4. The molecular formula is C23H22N2O4. The van der Waals surface area contributed by atoms with Gasteiger partial charge in [-0.15, -0.1) is 0 Å². The minimum atomic E-state index is -0.445. The number of amides is 1. The summed E-state index contributed by atoms with van der Waals surface area (Å²) < 4.78 is 10.3. The zero-order valence-corrected chi connectivity index (χ0v) is 16.2. The number of hydrogen-bond donors (Lipinski definition) is 1. The Kier molecular flexibility index (Phi) is 5.44. The van der Waals surface area contributed by atoms with Gasteiger partial charge in [-0.05, 0) is 41.1 Å². The highest BCUT2D eigenvalue weighted by Crippen LogP contribution is 2.29. The van der Waals surface area contributed by atoms with Gasteiger partial charge in [0.1, 0.15) is 0 Å². The van der Waals surface area contributed by atoms with Crippen molar-refractivity contribution >= 4 is 34.0 Å². The molecule has 1 aliphatic rings. The Labute approximate surface area is 169 Å². The number of carbonyl (C=O) groups is 2.